The smallest absolute Gasteiger partial charge is 0.406 e. The van der Waals surface area contributed by atoms with Crippen molar-refractivity contribution in [3.63, 3.8) is 0 Å². The highest BCUT2D eigenvalue weighted by Gasteiger charge is 2.64. The molecule has 1 aliphatic rings. The van der Waals surface area contributed by atoms with Crippen LogP contribution in [0.1, 0.15) is 32.7 Å². The van der Waals surface area contributed by atoms with Crippen LogP contribution in [0, 0.1) is 5.41 Å². The molecule has 1 amide bonds. The van der Waals surface area contributed by atoms with Crippen molar-refractivity contribution in [2.45, 2.75) is 12.6 Å². The number of hydrogen-bond donors (Lipinski definition) is 2. The molecule has 0 bridgehead atoms. The Hall–Kier alpha value is -3.10. The van der Waals surface area contributed by atoms with Crippen molar-refractivity contribution in [3.05, 3.63) is 59.4 Å². The van der Waals surface area contributed by atoms with Crippen LogP contribution in [-0.4, -0.2) is 51.9 Å². The molecule has 2 heterocycles. The minimum absolute atomic E-state index is 0.0870. The monoisotopic (exact) mass is 380 g/mol. The summed E-state index contributed by atoms with van der Waals surface area (Å²) in [6.07, 6.45) is -2.54. The van der Waals surface area contributed by atoms with Crippen LogP contribution in [0.3, 0.4) is 0 Å². The van der Waals surface area contributed by atoms with Gasteiger partial charge in [0.1, 0.15) is 0 Å². The number of carbonyl (C=O) groups is 3. The van der Waals surface area contributed by atoms with Crippen molar-refractivity contribution in [2.24, 2.45) is 5.41 Å². The van der Waals surface area contributed by atoms with Crippen LogP contribution in [0.4, 0.5) is 13.2 Å². The number of amides is 1. The third-order valence-electron chi connectivity index (χ3n) is 4.76. The third-order valence-corrected chi connectivity index (χ3v) is 4.76. The van der Waals surface area contributed by atoms with Gasteiger partial charge < -0.3 is 15.0 Å². The van der Waals surface area contributed by atoms with E-state index in [0.29, 0.717) is 11.1 Å². The second kappa shape index (κ2) is 6.57. The number of carboxylic acid groups (broad SMARTS) is 1. The minimum atomic E-state index is -4.96. The number of aromatic nitrogens is 1. The molecule has 0 saturated carbocycles. The van der Waals surface area contributed by atoms with Gasteiger partial charge in [-0.15, -0.1) is 0 Å². The largest absolute Gasteiger partial charge is 0.481 e. The molecule has 2 N–H and O–H groups in total. The molecule has 1 unspecified atom stereocenters. The Bertz CT molecular complexity index is 875. The van der Waals surface area contributed by atoms with E-state index in [1.165, 1.54) is 30.5 Å². The second-order valence-corrected chi connectivity index (χ2v) is 6.37. The molecule has 9 heteroatoms. The fourth-order valence-corrected chi connectivity index (χ4v) is 3.09. The van der Waals surface area contributed by atoms with E-state index in [1.807, 2.05) is 0 Å². The molecule has 2 aromatic rings. The van der Waals surface area contributed by atoms with Crippen LogP contribution >= 0.6 is 0 Å². The first kappa shape index (κ1) is 18.7. The molecule has 0 aliphatic carbocycles. The van der Waals surface area contributed by atoms with Crippen molar-refractivity contribution in [1.82, 2.24) is 9.88 Å². The fraction of sp³-hybridized carbons (Fsp3) is 0.278. The van der Waals surface area contributed by atoms with Gasteiger partial charge >= 0.3 is 12.1 Å². The zero-order valence-corrected chi connectivity index (χ0v) is 13.9. The summed E-state index contributed by atoms with van der Waals surface area (Å²) in [6, 6.07) is 7.10. The molecule has 0 spiro atoms. The van der Waals surface area contributed by atoms with Gasteiger partial charge in [0, 0.05) is 42.2 Å². The Balaban J connectivity index is 1.77. The Morgan fingerprint density at radius 3 is 2.15 bits per heavy atom. The number of rotatable bonds is 4. The molecule has 1 fully saturated rings. The van der Waals surface area contributed by atoms with Crippen LogP contribution in [0.5, 0.6) is 0 Å². The van der Waals surface area contributed by atoms with Crippen molar-refractivity contribution in [3.8, 4) is 0 Å². The molecular weight excluding hydrogens is 365 g/mol. The standard InChI is InChI=1S/C18H15F3N2O4/c19-18(20,21)17(16(26)27)6-8-23(10-17)15(25)12-3-1-11(2-4-12)14(24)13-5-7-22-9-13/h1-5,7,9,22H,6,8,10H2,(H,26,27). The lowest BCUT2D eigenvalue weighted by Crippen LogP contribution is -2.47. The average Bonchev–Trinajstić information content (AvgIpc) is 3.30. The lowest BCUT2D eigenvalue weighted by atomic mass is 9.86. The quantitative estimate of drug-likeness (QED) is 0.798. The summed E-state index contributed by atoms with van der Waals surface area (Å²) in [6.45, 7) is -1.25. The van der Waals surface area contributed by atoms with Crippen molar-refractivity contribution >= 4 is 17.7 Å². The van der Waals surface area contributed by atoms with E-state index >= 15 is 0 Å². The van der Waals surface area contributed by atoms with E-state index in [9.17, 15) is 27.6 Å². The normalized spacial score (nSPS) is 19.9. The second-order valence-electron chi connectivity index (χ2n) is 6.37. The summed E-state index contributed by atoms with van der Waals surface area (Å²) in [7, 11) is 0. The number of aliphatic carboxylic acids is 1. The van der Waals surface area contributed by atoms with Crippen LogP contribution in [0.15, 0.2) is 42.7 Å². The molecule has 6 nitrogen and oxygen atoms in total. The van der Waals surface area contributed by atoms with E-state index in [-0.39, 0.29) is 17.9 Å². The van der Waals surface area contributed by atoms with Gasteiger partial charge in [0.15, 0.2) is 11.2 Å². The molecule has 1 aromatic heterocycles. The highest BCUT2D eigenvalue weighted by Crippen LogP contribution is 2.46. The number of aromatic amines is 1. The number of nitrogens with one attached hydrogen (secondary N) is 1. The van der Waals surface area contributed by atoms with Gasteiger partial charge in [0.25, 0.3) is 5.91 Å². The van der Waals surface area contributed by atoms with E-state index in [4.69, 9.17) is 5.11 Å². The number of nitrogens with zero attached hydrogens (tertiary/aromatic N) is 1. The molecular formula is C18H15F3N2O4. The number of benzene rings is 1. The zero-order valence-electron chi connectivity index (χ0n) is 13.9. The van der Waals surface area contributed by atoms with Gasteiger partial charge in [-0.25, -0.2) is 0 Å². The van der Waals surface area contributed by atoms with Crippen molar-refractivity contribution in [1.29, 1.82) is 0 Å². The molecule has 1 atom stereocenters. The Morgan fingerprint density at radius 1 is 1.04 bits per heavy atom. The summed E-state index contributed by atoms with van der Waals surface area (Å²) in [4.78, 5) is 39.5. The number of ketones is 1. The average molecular weight is 380 g/mol. The lowest BCUT2D eigenvalue weighted by molar-refractivity contribution is -0.227. The number of alkyl halides is 3. The van der Waals surface area contributed by atoms with Crippen molar-refractivity contribution in [2.75, 3.05) is 13.1 Å². The number of carbonyl (C=O) groups excluding carboxylic acids is 2. The summed E-state index contributed by atoms with van der Waals surface area (Å²) in [5.74, 6) is -2.96. The number of carboxylic acids is 1. The summed E-state index contributed by atoms with van der Waals surface area (Å²) < 4.78 is 39.7. The maximum absolute atomic E-state index is 13.2. The van der Waals surface area contributed by atoms with Crippen LogP contribution in [-0.2, 0) is 4.79 Å². The summed E-state index contributed by atoms with van der Waals surface area (Å²) in [5, 5.41) is 9.06. The van der Waals surface area contributed by atoms with E-state index < -0.39 is 36.4 Å². The fourth-order valence-electron chi connectivity index (χ4n) is 3.09. The minimum Gasteiger partial charge on any atom is -0.481 e. The van der Waals surface area contributed by atoms with Gasteiger partial charge in [-0.05, 0) is 24.6 Å². The number of H-pyrrole nitrogens is 1. The highest BCUT2D eigenvalue weighted by molar-refractivity contribution is 6.09. The highest BCUT2D eigenvalue weighted by atomic mass is 19.4. The molecule has 3 rings (SSSR count). The Morgan fingerprint density at radius 2 is 1.67 bits per heavy atom. The summed E-state index contributed by atoms with van der Waals surface area (Å²) in [5.41, 5.74) is -2.11. The van der Waals surface area contributed by atoms with Crippen LogP contribution in [0.2, 0.25) is 0 Å². The maximum atomic E-state index is 13.2. The van der Waals surface area contributed by atoms with E-state index in [1.54, 1.807) is 12.3 Å². The molecule has 1 aromatic carbocycles. The van der Waals surface area contributed by atoms with Crippen LogP contribution in [0.25, 0.3) is 0 Å². The SMILES string of the molecule is O=C(c1ccc(C(=O)N2CCC(C(=O)O)(C(F)(F)F)C2)cc1)c1cc[nH]c1. The first-order valence-electron chi connectivity index (χ1n) is 8.03. The molecule has 0 radical (unpaired) electrons. The Labute approximate surface area is 151 Å². The lowest BCUT2D eigenvalue weighted by Gasteiger charge is -2.27. The predicted molar refractivity (Wildman–Crippen MR) is 87.3 cm³/mol. The van der Waals surface area contributed by atoms with E-state index in [2.05, 4.69) is 4.98 Å². The third kappa shape index (κ3) is 3.20. The predicted octanol–water partition coefficient (Wildman–Crippen LogP) is 2.72. The number of halogens is 3. The zero-order chi connectivity index (χ0) is 19.8. The van der Waals surface area contributed by atoms with Gasteiger partial charge in [-0.2, -0.15) is 13.2 Å². The Kier molecular flexibility index (Phi) is 4.54. The molecule has 1 aliphatic heterocycles. The molecule has 142 valence electrons. The van der Waals surface area contributed by atoms with Gasteiger partial charge in [0.2, 0.25) is 0 Å². The number of likely N-dealkylation sites (tertiary alicyclic amines) is 1. The molecule has 1 saturated heterocycles. The van der Waals surface area contributed by atoms with Gasteiger partial charge in [-0.1, -0.05) is 12.1 Å². The summed E-state index contributed by atoms with van der Waals surface area (Å²) >= 11 is 0. The molecule has 27 heavy (non-hydrogen) atoms. The van der Waals surface area contributed by atoms with Crippen LogP contribution < -0.4 is 0 Å². The number of hydrogen-bond acceptors (Lipinski definition) is 3. The van der Waals surface area contributed by atoms with Crippen molar-refractivity contribution < 1.29 is 32.7 Å². The van der Waals surface area contributed by atoms with Gasteiger partial charge in [0.05, 0.1) is 0 Å². The van der Waals surface area contributed by atoms with Gasteiger partial charge in [-0.3, -0.25) is 14.4 Å². The maximum Gasteiger partial charge on any atom is 0.406 e. The first-order valence-corrected chi connectivity index (χ1v) is 8.03. The topological polar surface area (TPSA) is 90.5 Å². The van der Waals surface area contributed by atoms with E-state index in [0.717, 1.165) is 4.90 Å². The first-order chi connectivity index (χ1) is 12.7.